The van der Waals surface area contributed by atoms with Crippen molar-refractivity contribution < 1.29 is 9.53 Å². The largest absolute Gasteiger partial charge is 0.462 e. The molecule has 21 heavy (non-hydrogen) atoms. The van der Waals surface area contributed by atoms with Gasteiger partial charge in [0.2, 0.25) is 5.43 Å². The molecule has 0 unspecified atom stereocenters. The molecule has 1 heterocycles. The highest BCUT2D eigenvalue weighted by atomic mass is 16.5. The first-order chi connectivity index (χ1) is 9.99. The van der Waals surface area contributed by atoms with Crippen molar-refractivity contribution in [3.63, 3.8) is 0 Å². The van der Waals surface area contributed by atoms with Crippen LogP contribution in [0.5, 0.6) is 0 Å². The minimum atomic E-state index is -0.672. The number of esters is 1. The van der Waals surface area contributed by atoms with Gasteiger partial charge >= 0.3 is 5.97 Å². The molecule has 0 amide bonds. The third-order valence-electron chi connectivity index (χ3n) is 3.07. The van der Waals surface area contributed by atoms with E-state index >= 15 is 0 Å². The Kier molecular flexibility index (Phi) is 3.94. The third kappa shape index (κ3) is 2.58. The number of aromatic amines is 1. The van der Waals surface area contributed by atoms with Gasteiger partial charge in [-0.25, -0.2) is 4.79 Å². The number of nitrogens with zero attached hydrogens (tertiary/aromatic N) is 2. The van der Waals surface area contributed by atoms with Gasteiger partial charge in [0.25, 0.3) is 0 Å². The van der Waals surface area contributed by atoms with Gasteiger partial charge in [-0.05, 0) is 19.1 Å². The van der Waals surface area contributed by atoms with Crippen LogP contribution in [-0.2, 0) is 4.74 Å². The fraction of sp³-hybridized carbons (Fsp3) is 0.267. The topological polar surface area (TPSA) is 86.2 Å². The normalized spacial score (nSPS) is 10.2. The van der Waals surface area contributed by atoms with Crippen LogP contribution < -0.4 is 10.3 Å². The molecule has 0 radical (unpaired) electrons. The number of aromatic nitrogens is 1. The molecule has 0 aliphatic heterocycles. The lowest BCUT2D eigenvalue weighted by Crippen LogP contribution is -2.19. The number of nitrogens with one attached hydrogen (secondary N) is 1. The van der Waals surface area contributed by atoms with Gasteiger partial charge in [-0.2, -0.15) is 5.26 Å². The summed E-state index contributed by atoms with van der Waals surface area (Å²) in [4.78, 5) is 28.9. The number of fused-ring (bicyclic) bond motifs is 1. The number of pyridine rings is 1. The van der Waals surface area contributed by atoms with E-state index in [0.717, 1.165) is 0 Å². The summed E-state index contributed by atoms with van der Waals surface area (Å²) in [5, 5.41) is 9.38. The van der Waals surface area contributed by atoms with Crippen LogP contribution in [0.4, 0.5) is 5.69 Å². The predicted octanol–water partition coefficient (Wildman–Crippen LogP) is 1.64. The molecule has 0 aliphatic carbocycles. The zero-order valence-electron chi connectivity index (χ0n) is 12.1. The lowest BCUT2D eigenvalue weighted by atomic mass is 10.1. The fourth-order valence-corrected chi connectivity index (χ4v) is 2.09. The number of ether oxygens (including phenoxy) is 1. The first-order valence-corrected chi connectivity index (χ1v) is 6.43. The van der Waals surface area contributed by atoms with Crippen LogP contribution in [0.15, 0.2) is 23.1 Å². The zero-order valence-corrected chi connectivity index (χ0v) is 12.1. The maximum Gasteiger partial charge on any atom is 0.343 e. The van der Waals surface area contributed by atoms with Crippen LogP contribution >= 0.6 is 0 Å². The Morgan fingerprint density at radius 2 is 2.14 bits per heavy atom. The average Bonchev–Trinajstić information content (AvgIpc) is 2.46. The molecule has 1 aromatic heterocycles. The number of carbonyl (C=O) groups is 1. The van der Waals surface area contributed by atoms with Gasteiger partial charge in [0, 0.05) is 25.7 Å². The molecule has 0 fully saturated rings. The molecule has 1 aromatic carbocycles. The van der Waals surface area contributed by atoms with Gasteiger partial charge in [-0.15, -0.1) is 0 Å². The van der Waals surface area contributed by atoms with Gasteiger partial charge in [-0.3, -0.25) is 4.79 Å². The molecular weight excluding hydrogens is 270 g/mol. The number of benzene rings is 1. The second-order valence-corrected chi connectivity index (χ2v) is 4.68. The SMILES string of the molecule is CCOC(=O)c1c[nH]c2c(N(C)C)cc(C#N)cc2c1=O. The standard InChI is InChI=1S/C15H15N3O3/c1-4-21-15(20)11-8-17-13-10(14(11)19)5-9(7-16)6-12(13)18(2)3/h5-6,8H,4H2,1-3H3,(H,17,19). The molecule has 6 nitrogen and oxygen atoms in total. The minimum Gasteiger partial charge on any atom is -0.462 e. The molecule has 108 valence electrons. The Morgan fingerprint density at radius 1 is 1.43 bits per heavy atom. The van der Waals surface area contributed by atoms with Crippen LogP contribution in [0.2, 0.25) is 0 Å². The van der Waals surface area contributed by atoms with Crippen molar-refractivity contribution in [3.8, 4) is 6.07 Å². The van der Waals surface area contributed by atoms with Crippen molar-refractivity contribution in [3.05, 3.63) is 39.7 Å². The molecule has 2 rings (SSSR count). The van der Waals surface area contributed by atoms with Crippen molar-refractivity contribution in [2.24, 2.45) is 0 Å². The predicted molar refractivity (Wildman–Crippen MR) is 79.6 cm³/mol. The van der Waals surface area contributed by atoms with Crippen LogP contribution in [0.25, 0.3) is 10.9 Å². The molecule has 1 N–H and O–H groups in total. The molecule has 6 heteroatoms. The summed E-state index contributed by atoms with van der Waals surface area (Å²) in [6.45, 7) is 1.86. The summed E-state index contributed by atoms with van der Waals surface area (Å²) < 4.78 is 4.86. The Bertz CT molecular complexity index is 800. The summed E-state index contributed by atoms with van der Waals surface area (Å²) in [7, 11) is 3.63. The highest BCUT2D eigenvalue weighted by Crippen LogP contribution is 2.24. The monoisotopic (exact) mass is 285 g/mol. The van der Waals surface area contributed by atoms with Gasteiger partial charge in [-0.1, -0.05) is 0 Å². The molecule has 0 saturated carbocycles. The maximum absolute atomic E-state index is 12.4. The van der Waals surface area contributed by atoms with Gasteiger partial charge in [0.1, 0.15) is 5.56 Å². The van der Waals surface area contributed by atoms with Crippen molar-refractivity contribution in [2.75, 3.05) is 25.6 Å². The molecule has 0 spiro atoms. The number of hydrogen-bond acceptors (Lipinski definition) is 5. The van der Waals surface area contributed by atoms with Crippen LogP contribution in [0.1, 0.15) is 22.8 Å². The zero-order chi connectivity index (χ0) is 15.6. The van der Waals surface area contributed by atoms with Crippen molar-refractivity contribution in [1.29, 1.82) is 5.26 Å². The molecule has 0 aliphatic rings. The smallest absolute Gasteiger partial charge is 0.343 e. The fourth-order valence-electron chi connectivity index (χ4n) is 2.09. The first-order valence-electron chi connectivity index (χ1n) is 6.43. The second kappa shape index (κ2) is 5.67. The molecule has 2 aromatic rings. The Hall–Kier alpha value is -2.81. The van der Waals surface area contributed by atoms with Crippen molar-refractivity contribution in [2.45, 2.75) is 6.92 Å². The number of H-pyrrole nitrogens is 1. The molecule has 0 bridgehead atoms. The maximum atomic E-state index is 12.4. The number of hydrogen-bond donors (Lipinski definition) is 1. The summed E-state index contributed by atoms with van der Waals surface area (Å²) in [5.74, 6) is -0.672. The van der Waals surface area contributed by atoms with Gasteiger partial charge < -0.3 is 14.6 Å². The van der Waals surface area contributed by atoms with E-state index in [1.807, 2.05) is 20.2 Å². The van der Waals surface area contributed by atoms with Crippen molar-refractivity contribution in [1.82, 2.24) is 4.98 Å². The van der Waals surface area contributed by atoms with E-state index in [9.17, 15) is 9.59 Å². The third-order valence-corrected chi connectivity index (χ3v) is 3.07. The highest BCUT2D eigenvalue weighted by molar-refractivity contribution is 5.97. The Morgan fingerprint density at radius 3 is 2.71 bits per heavy atom. The lowest BCUT2D eigenvalue weighted by Gasteiger charge is -2.16. The number of nitriles is 1. The Balaban J connectivity index is 2.79. The lowest BCUT2D eigenvalue weighted by molar-refractivity contribution is 0.0524. The highest BCUT2D eigenvalue weighted by Gasteiger charge is 2.16. The van der Waals surface area contributed by atoms with Crippen LogP contribution in [-0.4, -0.2) is 31.7 Å². The summed E-state index contributed by atoms with van der Waals surface area (Å²) in [6.07, 6.45) is 1.35. The van der Waals surface area contributed by atoms with Crippen LogP contribution in [0.3, 0.4) is 0 Å². The molecular formula is C15H15N3O3. The van der Waals surface area contributed by atoms with E-state index < -0.39 is 11.4 Å². The molecule has 0 atom stereocenters. The van der Waals surface area contributed by atoms with Gasteiger partial charge in [0.05, 0.1) is 29.4 Å². The second-order valence-electron chi connectivity index (χ2n) is 4.68. The number of anilines is 1. The van der Waals surface area contributed by atoms with E-state index in [0.29, 0.717) is 22.2 Å². The minimum absolute atomic E-state index is 0.0656. The quantitative estimate of drug-likeness (QED) is 0.866. The van der Waals surface area contributed by atoms with Gasteiger partial charge in [0.15, 0.2) is 0 Å². The summed E-state index contributed by atoms with van der Waals surface area (Å²) in [5.41, 5.74) is 1.14. The average molecular weight is 285 g/mol. The van der Waals surface area contributed by atoms with Crippen LogP contribution in [0, 0.1) is 11.3 Å². The van der Waals surface area contributed by atoms with Crippen molar-refractivity contribution >= 4 is 22.6 Å². The molecule has 0 saturated heterocycles. The van der Waals surface area contributed by atoms with E-state index in [4.69, 9.17) is 10.00 Å². The number of carbonyl (C=O) groups excluding carboxylic acids is 1. The summed E-state index contributed by atoms with van der Waals surface area (Å²) in [6, 6.07) is 5.18. The van der Waals surface area contributed by atoms with E-state index in [-0.39, 0.29) is 12.2 Å². The first kappa shape index (κ1) is 14.6. The van der Waals surface area contributed by atoms with E-state index in [2.05, 4.69) is 4.98 Å². The van der Waals surface area contributed by atoms with E-state index in [1.165, 1.54) is 12.3 Å². The summed E-state index contributed by atoms with van der Waals surface area (Å²) >= 11 is 0. The van der Waals surface area contributed by atoms with E-state index in [1.54, 1.807) is 17.9 Å². The number of rotatable bonds is 3. The Labute approximate surface area is 121 Å².